The molecule has 5 aliphatic rings. The Balaban J connectivity index is 0.909. The summed E-state index contributed by atoms with van der Waals surface area (Å²) >= 11 is 0. The normalized spacial score (nSPS) is 27.7. The topological polar surface area (TPSA) is 129 Å². The Morgan fingerprint density at radius 2 is 1.83 bits per heavy atom. The molecule has 3 fully saturated rings. The van der Waals surface area contributed by atoms with Crippen LogP contribution in [-0.2, 0) is 4.79 Å². The maximum atomic E-state index is 16.1. The fraction of sp³-hybridized carbons (Fsp3) is 0.487. The Hall–Kier alpha value is -4.65. The van der Waals surface area contributed by atoms with Crippen LogP contribution in [-0.4, -0.2) is 82.6 Å². The number of phenols is 1. The number of aromatic hydroxyl groups is 1. The molecule has 2 unspecified atom stereocenters. The molecule has 52 heavy (non-hydrogen) atoms. The molecule has 4 N–H and O–H groups in total. The van der Waals surface area contributed by atoms with Crippen molar-refractivity contribution in [3.8, 4) is 22.8 Å². The Morgan fingerprint density at radius 3 is 2.63 bits per heavy atom. The van der Waals surface area contributed by atoms with Crippen molar-refractivity contribution in [2.45, 2.75) is 75.3 Å². The van der Waals surface area contributed by atoms with Gasteiger partial charge in [0.1, 0.15) is 18.4 Å². The van der Waals surface area contributed by atoms with E-state index in [2.05, 4.69) is 37.5 Å². The molecule has 1 aliphatic carbocycles. The molecule has 3 atom stereocenters. The zero-order valence-electron chi connectivity index (χ0n) is 29.0. The second-order valence-corrected chi connectivity index (χ2v) is 14.8. The van der Waals surface area contributed by atoms with Gasteiger partial charge >= 0.3 is 0 Å². The minimum absolute atomic E-state index is 0.0764. The number of carbonyl (C=O) groups excluding carboxylic acids is 1. The average molecular weight is 716 g/mol. The highest BCUT2D eigenvalue weighted by Crippen LogP contribution is 2.47. The van der Waals surface area contributed by atoms with Gasteiger partial charge < -0.3 is 25.8 Å². The van der Waals surface area contributed by atoms with E-state index in [1.165, 1.54) is 12.1 Å². The third kappa shape index (κ3) is 6.48. The second-order valence-electron chi connectivity index (χ2n) is 14.8. The minimum Gasteiger partial charge on any atom is -0.504 e. The number of phenolic OH excluding ortho intramolecular Hbond substituents is 1. The molecule has 5 heterocycles. The maximum Gasteiger partial charge on any atom is 0.263 e. The lowest BCUT2D eigenvalue weighted by atomic mass is 9.76. The van der Waals surface area contributed by atoms with Crippen LogP contribution >= 0.6 is 0 Å². The predicted molar refractivity (Wildman–Crippen MR) is 192 cm³/mol. The van der Waals surface area contributed by atoms with Crippen LogP contribution in [0.1, 0.15) is 68.4 Å². The molecule has 13 heteroatoms. The van der Waals surface area contributed by atoms with Crippen LogP contribution < -0.4 is 20.7 Å². The van der Waals surface area contributed by atoms with Gasteiger partial charge in [-0.05, 0) is 99.6 Å². The fourth-order valence-electron chi connectivity index (χ4n) is 9.09. The summed E-state index contributed by atoms with van der Waals surface area (Å²) < 4.78 is 52.5. The number of alkyl halides is 2. The van der Waals surface area contributed by atoms with E-state index < -0.39 is 29.3 Å². The first kappa shape index (κ1) is 34.4. The third-order valence-electron chi connectivity index (χ3n) is 11.8. The number of aliphatic imine (C=N–C) groups is 1. The number of benzene rings is 2. The number of fused-ring (bicyclic) bond motifs is 1. The number of hydrogen-bond acceptors (Lipinski definition) is 9. The van der Waals surface area contributed by atoms with E-state index >= 15 is 8.78 Å². The number of ether oxygens (including phenoxy) is 1. The van der Waals surface area contributed by atoms with Crippen LogP contribution in [0.25, 0.3) is 11.3 Å². The van der Waals surface area contributed by atoms with Gasteiger partial charge in [-0.25, -0.2) is 13.2 Å². The van der Waals surface area contributed by atoms with Crippen molar-refractivity contribution in [2.75, 3.05) is 43.4 Å². The quantitative estimate of drug-likeness (QED) is 0.281. The molecule has 0 spiro atoms. The number of piperidine rings is 2. The van der Waals surface area contributed by atoms with Gasteiger partial charge in [0.25, 0.3) is 5.92 Å². The average Bonchev–Trinajstić information content (AvgIpc) is 3.16. The zero-order chi connectivity index (χ0) is 36.0. The summed E-state index contributed by atoms with van der Waals surface area (Å²) in [5.41, 5.74) is 9.61. The van der Waals surface area contributed by atoms with Crippen LogP contribution in [0.3, 0.4) is 0 Å². The van der Waals surface area contributed by atoms with Crippen molar-refractivity contribution in [1.29, 1.82) is 0 Å². The number of nitrogens with zero attached hydrogens (tertiary/aromatic N) is 5. The fourth-order valence-corrected chi connectivity index (χ4v) is 9.09. The molecule has 10 nitrogen and oxygen atoms in total. The van der Waals surface area contributed by atoms with Gasteiger partial charge in [-0.15, -0.1) is 10.2 Å². The number of anilines is 2. The first-order chi connectivity index (χ1) is 25.2. The highest BCUT2D eigenvalue weighted by atomic mass is 19.3. The van der Waals surface area contributed by atoms with Crippen molar-refractivity contribution < 1.29 is 27.8 Å². The highest BCUT2D eigenvalue weighted by molar-refractivity contribution is 6.05. The van der Waals surface area contributed by atoms with E-state index in [0.29, 0.717) is 37.4 Å². The number of nitrogen functional groups attached to an aromatic ring is 1. The molecule has 2 aromatic carbocycles. The molecule has 3 aromatic rings. The summed E-state index contributed by atoms with van der Waals surface area (Å²) in [5.74, 6) is -4.27. The number of likely N-dealkylation sites (tertiary alicyclic amines) is 1. The summed E-state index contributed by atoms with van der Waals surface area (Å²) in [7, 11) is 0. The van der Waals surface area contributed by atoms with Crippen LogP contribution in [0.4, 0.5) is 24.7 Å². The molecular weight excluding hydrogens is 671 g/mol. The lowest BCUT2D eigenvalue weighted by Crippen LogP contribution is -2.54. The summed E-state index contributed by atoms with van der Waals surface area (Å²) in [4.78, 5) is 21.4. The molecule has 0 bridgehead atoms. The van der Waals surface area contributed by atoms with E-state index in [1.807, 2.05) is 11.0 Å². The standard InChI is InChI=1S/C39H44F3N7O3/c40-30-6-1-5-27(35(30)50)32-21-28(37(43)47-46-32)31-20-24(13-16-44-31)29-14-17-48(22-39(29,41)42)25-11-9-23(10-12-25)26-4-2-7-33-36(26)52-19-18-49(33)34-8-3-15-45-38(34)51/h1-2,4-7,13,16,21,23-25,29,34,50H,3,8-12,14-15,17-20,22H2,(H2,43,47)(H,45,51)/t23-,24?,25-,29?,34-/m1/s1. The summed E-state index contributed by atoms with van der Waals surface area (Å²) in [6, 6.07) is 11.8. The van der Waals surface area contributed by atoms with Crippen LogP contribution in [0.5, 0.6) is 11.5 Å². The predicted octanol–water partition coefficient (Wildman–Crippen LogP) is 6.05. The van der Waals surface area contributed by atoms with Crippen LogP contribution in [0.2, 0.25) is 0 Å². The largest absolute Gasteiger partial charge is 0.504 e. The van der Waals surface area contributed by atoms with Gasteiger partial charge in [0.05, 0.1) is 30.2 Å². The number of hydrogen-bond donors (Lipinski definition) is 3. The Labute approximate surface area is 300 Å². The molecule has 0 radical (unpaired) electrons. The molecule has 4 aliphatic heterocycles. The molecule has 2 saturated heterocycles. The highest BCUT2D eigenvalue weighted by Gasteiger charge is 2.49. The molecule has 274 valence electrons. The summed E-state index contributed by atoms with van der Waals surface area (Å²) in [6.45, 7) is 2.24. The number of aromatic nitrogens is 2. The molecule has 8 rings (SSSR count). The number of para-hydroxylation sites is 2. The van der Waals surface area contributed by atoms with Crippen molar-refractivity contribution in [1.82, 2.24) is 20.4 Å². The van der Waals surface area contributed by atoms with Gasteiger partial charge in [0.15, 0.2) is 17.4 Å². The Bertz CT molecular complexity index is 1900. The second kappa shape index (κ2) is 14.1. The SMILES string of the molecule is Nc1nnc(-c2cccc(F)c2O)cc1C1=NC=CC(C2CCN([C@H]3CC[C@H](c4cccc5c4OCCN5[C@@H]4CCCNC4=O)CC3)CC2(F)F)C1. The molecule has 1 aromatic heterocycles. The lowest BCUT2D eigenvalue weighted by Gasteiger charge is -2.46. The van der Waals surface area contributed by atoms with Crippen molar-refractivity contribution in [3.05, 3.63) is 71.7 Å². The monoisotopic (exact) mass is 715 g/mol. The van der Waals surface area contributed by atoms with E-state index in [-0.39, 0.29) is 53.9 Å². The van der Waals surface area contributed by atoms with Crippen molar-refractivity contribution in [3.63, 3.8) is 0 Å². The number of nitrogens with two attached hydrogens (primary N) is 1. The first-order valence-electron chi connectivity index (χ1n) is 18.4. The van der Waals surface area contributed by atoms with Gasteiger partial charge in [-0.3, -0.25) is 14.7 Å². The van der Waals surface area contributed by atoms with Gasteiger partial charge in [-0.1, -0.05) is 24.3 Å². The lowest BCUT2D eigenvalue weighted by molar-refractivity contribution is -0.133. The Morgan fingerprint density at radius 1 is 1.00 bits per heavy atom. The number of amides is 1. The van der Waals surface area contributed by atoms with Gasteiger partial charge in [0.2, 0.25) is 5.91 Å². The van der Waals surface area contributed by atoms with Crippen molar-refractivity contribution >= 4 is 23.1 Å². The van der Waals surface area contributed by atoms with E-state index in [1.54, 1.807) is 18.3 Å². The number of carbonyl (C=O) groups is 1. The number of allylic oxidation sites excluding steroid dienone is 1. The van der Waals surface area contributed by atoms with E-state index in [9.17, 15) is 14.3 Å². The zero-order valence-corrected chi connectivity index (χ0v) is 29.0. The number of halogens is 3. The van der Waals surface area contributed by atoms with E-state index in [4.69, 9.17) is 10.5 Å². The van der Waals surface area contributed by atoms with Gasteiger partial charge in [-0.2, -0.15) is 0 Å². The summed E-state index contributed by atoms with van der Waals surface area (Å²) in [5, 5.41) is 21.3. The van der Waals surface area contributed by atoms with Crippen LogP contribution in [0.15, 0.2) is 59.7 Å². The molecular formula is C39H44F3N7O3. The smallest absolute Gasteiger partial charge is 0.263 e. The van der Waals surface area contributed by atoms with Crippen molar-refractivity contribution in [2.24, 2.45) is 16.8 Å². The maximum absolute atomic E-state index is 16.1. The van der Waals surface area contributed by atoms with E-state index in [0.717, 1.165) is 68.1 Å². The van der Waals surface area contributed by atoms with Gasteiger partial charge in [0, 0.05) is 35.8 Å². The van der Waals surface area contributed by atoms with Crippen LogP contribution in [0, 0.1) is 17.7 Å². The first-order valence-corrected chi connectivity index (χ1v) is 18.4. The third-order valence-corrected chi connectivity index (χ3v) is 11.8. The molecule has 1 amide bonds. The molecule has 1 saturated carbocycles. The minimum atomic E-state index is -2.91. The number of rotatable bonds is 6. The Kier molecular flexibility index (Phi) is 9.31. The number of nitrogens with one attached hydrogen (secondary N) is 1. The summed E-state index contributed by atoms with van der Waals surface area (Å²) in [6.07, 6.45) is 9.16.